The summed E-state index contributed by atoms with van der Waals surface area (Å²) in [6, 6.07) is 6.00. The van der Waals surface area contributed by atoms with E-state index in [1.165, 1.54) is 0 Å². The second-order valence-corrected chi connectivity index (χ2v) is 2.99. The van der Waals surface area contributed by atoms with Crippen molar-refractivity contribution in [2.24, 2.45) is 0 Å². The van der Waals surface area contributed by atoms with Crippen molar-refractivity contribution < 1.29 is 4.57 Å². The van der Waals surface area contributed by atoms with Crippen LogP contribution in [0.4, 0.5) is 0 Å². The van der Waals surface area contributed by atoms with Gasteiger partial charge in [-0.25, -0.2) is 4.98 Å². The lowest BCUT2D eigenvalue weighted by atomic mass is 10.5. The number of pyridine rings is 1. The molecule has 2 nitrogen and oxygen atoms in total. The molecule has 0 N–H and O–H groups in total. The van der Waals surface area contributed by atoms with Crippen molar-refractivity contribution >= 4 is 11.3 Å². The van der Waals surface area contributed by atoms with E-state index < -0.39 is 0 Å². The molecule has 3 heteroatoms. The predicted molar refractivity (Wildman–Crippen MR) is 43.6 cm³/mol. The van der Waals surface area contributed by atoms with Crippen LogP contribution in [0.2, 0.25) is 0 Å². The van der Waals surface area contributed by atoms with Gasteiger partial charge in [0.25, 0.3) is 5.00 Å². The quantitative estimate of drug-likeness (QED) is 0.581. The zero-order valence-electron chi connectivity index (χ0n) is 5.84. The first kappa shape index (κ1) is 6.49. The average Bonchev–Trinajstić information content (AvgIpc) is 2.58. The molecule has 0 atom stereocenters. The third kappa shape index (κ3) is 1.28. The van der Waals surface area contributed by atoms with E-state index in [0.29, 0.717) is 0 Å². The summed E-state index contributed by atoms with van der Waals surface area (Å²) in [5.41, 5.74) is 1.83. The average molecular weight is 163 g/mol. The minimum absolute atomic E-state index is 1.14. The van der Waals surface area contributed by atoms with Crippen LogP contribution in [0.3, 0.4) is 0 Å². The smallest absolute Gasteiger partial charge is 0.246 e. The van der Waals surface area contributed by atoms with Crippen LogP contribution < -0.4 is 4.57 Å². The van der Waals surface area contributed by atoms with Gasteiger partial charge in [0.1, 0.15) is 6.20 Å². The first-order valence-electron chi connectivity index (χ1n) is 3.32. The number of hydrogen-bond acceptors (Lipinski definition) is 2. The van der Waals surface area contributed by atoms with E-state index in [2.05, 4.69) is 4.98 Å². The van der Waals surface area contributed by atoms with Gasteiger partial charge in [0.15, 0.2) is 12.4 Å². The molecule has 54 valence electrons. The Labute approximate surface area is 68.8 Å². The molecule has 11 heavy (non-hydrogen) atoms. The Kier molecular flexibility index (Phi) is 1.65. The van der Waals surface area contributed by atoms with Crippen LogP contribution in [0.1, 0.15) is 0 Å². The van der Waals surface area contributed by atoms with Crippen molar-refractivity contribution in [3.05, 3.63) is 42.3 Å². The number of thiazole rings is 1. The van der Waals surface area contributed by atoms with Gasteiger partial charge in [-0.2, -0.15) is 4.57 Å². The van der Waals surface area contributed by atoms with E-state index >= 15 is 0 Å². The highest BCUT2D eigenvalue weighted by Gasteiger charge is 2.03. The van der Waals surface area contributed by atoms with Gasteiger partial charge in [-0.3, -0.25) is 0 Å². The summed E-state index contributed by atoms with van der Waals surface area (Å²) in [4.78, 5) is 4.00. The monoisotopic (exact) mass is 163 g/mol. The predicted octanol–water partition coefficient (Wildman–Crippen LogP) is 1.42. The number of aromatic nitrogens is 2. The first-order valence-corrected chi connectivity index (χ1v) is 4.20. The summed E-state index contributed by atoms with van der Waals surface area (Å²) in [6.45, 7) is 0. The van der Waals surface area contributed by atoms with Crippen molar-refractivity contribution in [2.75, 3.05) is 0 Å². The zero-order valence-corrected chi connectivity index (χ0v) is 6.66. The van der Waals surface area contributed by atoms with Gasteiger partial charge < -0.3 is 0 Å². The molecule has 0 bridgehead atoms. The maximum atomic E-state index is 4.00. The molecule has 0 saturated carbocycles. The fourth-order valence-electron chi connectivity index (χ4n) is 0.882. The van der Waals surface area contributed by atoms with E-state index in [0.717, 1.165) is 5.00 Å². The zero-order chi connectivity index (χ0) is 7.52. The van der Waals surface area contributed by atoms with E-state index in [9.17, 15) is 0 Å². The molecular formula is C8H7N2S+. The summed E-state index contributed by atoms with van der Waals surface area (Å²) in [7, 11) is 0. The Morgan fingerprint density at radius 3 is 2.64 bits per heavy atom. The van der Waals surface area contributed by atoms with Gasteiger partial charge in [0, 0.05) is 12.1 Å². The highest BCUT2D eigenvalue weighted by atomic mass is 32.1. The van der Waals surface area contributed by atoms with Crippen LogP contribution in [0.15, 0.2) is 42.3 Å². The van der Waals surface area contributed by atoms with Gasteiger partial charge in [-0.05, 0) is 0 Å². The maximum Gasteiger partial charge on any atom is 0.286 e. The van der Waals surface area contributed by atoms with E-state index in [1.54, 1.807) is 11.3 Å². The number of hydrogen-bond donors (Lipinski definition) is 0. The molecule has 0 aliphatic carbocycles. The minimum atomic E-state index is 1.14. The van der Waals surface area contributed by atoms with Crippen LogP contribution in [0, 0.1) is 0 Å². The minimum Gasteiger partial charge on any atom is -0.246 e. The van der Waals surface area contributed by atoms with Gasteiger partial charge in [0.2, 0.25) is 0 Å². The molecule has 0 aromatic carbocycles. The highest BCUT2D eigenvalue weighted by molar-refractivity contribution is 7.11. The molecule has 2 heterocycles. The Balaban J connectivity index is 2.46. The number of nitrogens with zero attached hydrogens (tertiary/aromatic N) is 2. The summed E-state index contributed by atoms with van der Waals surface area (Å²) in [5, 5.41) is 1.14. The van der Waals surface area contributed by atoms with Gasteiger partial charge in [-0.1, -0.05) is 17.4 Å². The maximum absolute atomic E-state index is 4.00. The fraction of sp³-hybridized carbons (Fsp3) is 0. The third-order valence-electron chi connectivity index (χ3n) is 1.39. The van der Waals surface area contributed by atoms with Crippen molar-refractivity contribution in [3.63, 3.8) is 0 Å². The molecule has 2 rings (SSSR count). The molecule has 0 fully saturated rings. The largest absolute Gasteiger partial charge is 0.286 e. The highest BCUT2D eigenvalue weighted by Crippen LogP contribution is 2.03. The van der Waals surface area contributed by atoms with Gasteiger partial charge >= 0.3 is 0 Å². The molecule has 0 saturated heterocycles. The molecule has 0 amide bonds. The Bertz CT molecular complexity index is 315. The van der Waals surface area contributed by atoms with E-state index in [4.69, 9.17) is 0 Å². The molecule has 0 aliphatic rings. The summed E-state index contributed by atoms with van der Waals surface area (Å²) >= 11 is 1.63. The lowest BCUT2D eigenvalue weighted by Gasteiger charge is -1.85. The lowest BCUT2D eigenvalue weighted by molar-refractivity contribution is -0.591. The fourth-order valence-corrected chi connectivity index (χ4v) is 1.48. The van der Waals surface area contributed by atoms with Crippen LogP contribution in [0.5, 0.6) is 0 Å². The van der Waals surface area contributed by atoms with Crippen molar-refractivity contribution in [1.29, 1.82) is 0 Å². The molecular weight excluding hydrogens is 156 g/mol. The number of rotatable bonds is 1. The molecule has 2 aromatic heterocycles. The van der Waals surface area contributed by atoms with Crippen LogP contribution in [0.25, 0.3) is 5.00 Å². The van der Waals surface area contributed by atoms with Crippen molar-refractivity contribution in [1.82, 2.24) is 4.98 Å². The van der Waals surface area contributed by atoms with Crippen LogP contribution in [-0.2, 0) is 0 Å². The molecule has 0 unspecified atom stereocenters. The van der Waals surface area contributed by atoms with Crippen LogP contribution >= 0.6 is 11.3 Å². The molecule has 2 aromatic rings. The Hall–Kier alpha value is -1.22. The lowest BCUT2D eigenvalue weighted by Crippen LogP contribution is -2.27. The topological polar surface area (TPSA) is 16.8 Å². The summed E-state index contributed by atoms with van der Waals surface area (Å²) < 4.78 is 2.04. The Morgan fingerprint density at radius 2 is 2.00 bits per heavy atom. The second-order valence-electron chi connectivity index (χ2n) is 2.12. The van der Waals surface area contributed by atoms with Crippen LogP contribution in [-0.4, -0.2) is 4.98 Å². The van der Waals surface area contributed by atoms with Gasteiger partial charge in [-0.15, -0.1) is 0 Å². The van der Waals surface area contributed by atoms with Gasteiger partial charge in [0.05, 0.1) is 5.51 Å². The third-order valence-corrected chi connectivity index (χ3v) is 2.17. The SMILES string of the molecule is c1cc[n+](-c2cncs2)cc1. The standard InChI is InChI=1S/C8H7N2S/c1-2-4-10(5-3-1)8-6-9-7-11-8/h1-7H/q+1. The van der Waals surface area contributed by atoms with Crippen molar-refractivity contribution in [3.8, 4) is 5.00 Å². The summed E-state index contributed by atoms with van der Waals surface area (Å²) in [6.07, 6.45) is 5.87. The normalized spacial score (nSPS) is 9.82. The first-order chi connectivity index (χ1) is 5.47. The molecule has 0 radical (unpaired) electrons. The molecule has 0 aliphatic heterocycles. The Morgan fingerprint density at radius 1 is 1.18 bits per heavy atom. The van der Waals surface area contributed by atoms with E-state index in [1.807, 2.05) is 46.9 Å². The molecule has 0 spiro atoms. The summed E-state index contributed by atoms with van der Waals surface area (Å²) in [5.74, 6) is 0. The second kappa shape index (κ2) is 2.80. The van der Waals surface area contributed by atoms with Crippen molar-refractivity contribution in [2.45, 2.75) is 0 Å². The van der Waals surface area contributed by atoms with E-state index in [-0.39, 0.29) is 0 Å².